The summed E-state index contributed by atoms with van der Waals surface area (Å²) >= 11 is 0. The van der Waals surface area contributed by atoms with Crippen molar-refractivity contribution in [3.05, 3.63) is 71.1 Å². The number of hydrogen-bond donors (Lipinski definition) is 2. The Bertz CT molecular complexity index is 1090. The van der Waals surface area contributed by atoms with E-state index >= 15 is 0 Å². The van der Waals surface area contributed by atoms with Gasteiger partial charge in [0.2, 0.25) is 12.7 Å². The van der Waals surface area contributed by atoms with E-state index in [9.17, 15) is 13.6 Å². The van der Waals surface area contributed by atoms with Gasteiger partial charge in [0.25, 0.3) is 5.91 Å². The van der Waals surface area contributed by atoms with Crippen LogP contribution >= 0.6 is 0 Å². The monoisotopic (exact) mass is 398 g/mol. The molecule has 0 fully saturated rings. The minimum atomic E-state index is -0.788. The van der Waals surface area contributed by atoms with Crippen LogP contribution in [0.25, 0.3) is 0 Å². The van der Waals surface area contributed by atoms with Gasteiger partial charge < -0.3 is 20.1 Å². The van der Waals surface area contributed by atoms with E-state index in [1.165, 1.54) is 12.1 Å². The zero-order valence-electron chi connectivity index (χ0n) is 15.3. The number of fused-ring (bicyclic) bond motifs is 1. The first-order valence-corrected chi connectivity index (χ1v) is 8.72. The molecule has 0 aliphatic carbocycles. The number of halogens is 2. The molecule has 1 amide bonds. The van der Waals surface area contributed by atoms with Gasteiger partial charge in [-0.2, -0.15) is 0 Å². The lowest BCUT2D eigenvalue weighted by atomic mass is 10.2. The van der Waals surface area contributed by atoms with Gasteiger partial charge in [-0.05, 0) is 42.8 Å². The van der Waals surface area contributed by atoms with Crippen molar-refractivity contribution < 1.29 is 23.0 Å². The number of carbonyl (C=O) groups is 1. The second-order valence-electron chi connectivity index (χ2n) is 6.34. The normalized spacial score (nSPS) is 12.0. The van der Waals surface area contributed by atoms with E-state index in [1.807, 2.05) is 6.07 Å². The van der Waals surface area contributed by atoms with Gasteiger partial charge in [-0.25, -0.2) is 18.7 Å². The topological polar surface area (TPSA) is 85.4 Å². The molecule has 0 saturated carbocycles. The van der Waals surface area contributed by atoms with Crippen molar-refractivity contribution in [2.45, 2.75) is 13.5 Å². The van der Waals surface area contributed by atoms with Crippen LogP contribution in [-0.4, -0.2) is 22.7 Å². The number of carbonyl (C=O) groups excluding carboxylic acids is 1. The van der Waals surface area contributed by atoms with Gasteiger partial charge in [0.15, 0.2) is 11.5 Å². The van der Waals surface area contributed by atoms with Crippen LogP contribution in [0.1, 0.15) is 21.7 Å². The standard InChI is InChI=1S/C20H16F2N4O3/c1-11-6-16(26-20(24-11)25-15-4-3-13(21)8-14(15)22)19(27)23-9-12-2-5-17-18(7-12)29-10-28-17/h2-8H,9-10H2,1H3,(H,23,27)(H,24,25,26). The Kier molecular flexibility index (Phi) is 4.94. The molecule has 2 N–H and O–H groups in total. The second-order valence-corrected chi connectivity index (χ2v) is 6.34. The zero-order chi connectivity index (χ0) is 20.4. The first-order valence-electron chi connectivity index (χ1n) is 8.72. The average molecular weight is 398 g/mol. The number of rotatable bonds is 5. The van der Waals surface area contributed by atoms with Crippen molar-refractivity contribution >= 4 is 17.5 Å². The lowest BCUT2D eigenvalue weighted by Crippen LogP contribution is -2.24. The van der Waals surface area contributed by atoms with Crippen molar-refractivity contribution in [2.75, 3.05) is 12.1 Å². The summed E-state index contributed by atoms with van der Waals surface area (Å²) in [6.07, 6.45) is 0. The SMILES string of the molecule is Cc1cc(C(=O)NCc2ccc3c(c2)OCO3)nc(Nc2ccc(F)cc2F)n1. The summed E-state index contributed by atoms with van der Waals surface area (Å²) in [5.41, 5.74) is 1.46. The highest BCUT2D eigenvalue weighted by Gasteiger charge is 2.15. The van der Waals surface area contributed by atoms with Gasteiger partial charge in [0.05, 0.1) is 5.69 Å². The van der Waals surface area contributed by atoms with Crippen LogP contribution in [-0.2, 0) is 6.54 Å². The minimum Gasteiger partial charge on any atom is -0.454 e. The number of anilines is 2. The number of benzene rings is 2. The van der Waals surface area contributed by atoms with Gasteiger partial charge in [0.1, 0.15) is 17.3 Å². The molecule has 4 rings (SSSR count). The largest absolute Gasteiger partial charge is 0.454 e. The van der Waals surface area contributed by atoms with E-state index in [2.05, 4.69) is 20.6 Å². The van der Waals surface area contributed by atoms with E-state index in [0.29, 0.717) is 17.2 Å². The smallest absolute Gasteiger partial charge is 0.270 e. The fourth-order valence-electron chi connectivity index (χ4n) is 2.78. The Morgan fingerprint density at radius 1 is 1.07 bits per heavy atom. The highest BCUT2D eigenvalue weighted by molar-refractivity contribution is 5.92. The van der Waals surface area contributed by atoms with Crippen molar-refractivity contribution in [1.82, 2.24) is 15.3 Å². The molecule has 7 nitrogen and oxygen atoms in total. The van der Waals surface area contributed by atoms with Gasteiger partial charge in [-0.3, -0.25) is 4.79 Å². The molecule has 0 saturated heterocycles. The van der Waals surface area contributed by atoms with Crippen molar-refractivity contribution in [1.29, 1.82) is 0 Å². The molecule has 0 radical (unpaired) electrons. The number of aryl methyl sites for hydroxylation is 1. The molecular weight excluding hydrogens is 382 g/mol. The van der Waals surface area contributed by atoms with Crippen LogP contribution in [0, 0.1) is 18.6 Å². The van der Waals surface area contributed by atoms with Crippen molar-refractivity contribution in [2.24, 2.45) is 0 Å². The molecule has 0 bridgehead atoms. The molecular formula is C20H16F2N4O3. The summed E-state index contributed by atoms with van der Waals surface area (Å²) in [6.45, 7) is 2.12. The highest BCUT2D eigenvalue weighted by Crippen LogP contribution is 2.32. The molecule has 1 aliphatic heterocycles. The van der Waals surface area contributed by atoms with Gasteiger partial charge in [0, 0.05) is 18.3 Å². The van der Waals surface area contributed by atoms with Crippen molar-refractivity contribution in [3.63, 3.8) is 0 Å². The summed E-state index contributed by atoms with van der Waals surface area (Å²) in [5, 5.41) is 5.43. The second kappa shape index (κ2) is 7.70. The maximum atomic E-state index is 13.8. The van der Waals surface area contributed by atoms with Crippen LogP contribution in [0.3, 0.4) is 0 Å². The number of nitrogens with zero attached hydrogens (tertiary/aromatic N) is 2. The van der Waals surface area contributed by atoms with Crippen LogP contribution in [0.4, 0.5) is 20.4 Å². The van der Waals surface area contributed by atoms with E-state index in [-0.39, 0.29) is 30.7 Å². The number of ether oxygens (including phenoxy) is 2. The molecule has 0 unspecified atom stereocenters. The number of amides is 1. The molecule has 2 aromatic carbocycles. The Morgan fingerprint density at radius 3 is 2.72 bits per heavy atom. The predicted octanol–water partition coefficient (Wildman–Crippen LogP) is 3.47. The Balaban J connectivity index is 1.47. The third-order valence-corrected chi connectivity index (χ3v) is 4.15. The summed E-state index contributed by atoms with van der Waals surface area (Å²) in [7, 11) is 0. The molecule has 0 spiro atoms. The number of hydrogen-bond acceptors (Lipinski definition) is 6. The third-order valence-electron chi connectivity index (χ3n) is 4.15. The molecule has 0 atom stereocenters. The van der Waals surface area contributed by atoms with Gasteiger partial charge in [-0.15, -0.1) is 0 Å². The molecule has 1 aromatic heterocycles. The van der Waals surface area contributed by atoms with Crippen LogP contribution < -0.4 is 20.1 Å². The van der Waals surface area contributed by atoms with Gasteiger partial charge >= 0.3 is 0 Å². The van der Waals surface area contributed by atoms with E-state index in [1.54, 1.807) is 19.1 Å². The van der Waals surface area contributed by atoms with Crippen LogP contribution in [0.15, 0.2) is 42.5 Å². The first kappa shape index (κ1) is 18.6. The molecule has 2 heterocycles. The molecule has 9 heteroatoms. The van der Waals surface area contributed by atoms with Crippen molar-refractivity contribution in [3.8, 4) is 11.5 Å². The maximum absolute atomic E-state index is 13.8. The predicted molar refractivity (Wildman–Crippen MR) is 100 cm³/mol. The fraction of sp³-hybridized carbons (Fsp3) is 0.150. The van der Waals surface area contributed by atoms with Gasteiger partial charge in [-0.1, -0.05) is 6.07 Å². The lowest BCUT2D eigenvalue weighted by molar-refractivity contribution is 0.0945. The van der Waals surface area contributed by atoms with E-state index in [4.69, 9.17) is 9.47 Å². The first-order chi connectivity index (χ1) is 14.0. The Hall–Kier alpha value is -3.75. The Morgan fingerprint density at radius 2 is 1.90 bits per heavy atom. The summed E-state index contributed by atoms with van der Waals surface area (Å²) < 4.78 is 37.5. The minimum absolute atomic E-state index is 0.00344. The molecule has 29 heavy (non-hydrogen) atoms. The van der Waals surface area contributed by atoms with Crippen LogP contribution in [0.2, 0.25) is 0 Å². The number of nitrogens with one attached hydrogen (secondary N) is 2. The Labute approximate surface area is 164 Å². The summed E-state index contributed by atoms with van der Waals surface area (Å²) in [4.78, 5) is 20.8. The quantitative estimate of drug-likeness (QED) is 0.685. The van der Waals surface area contributed by atoms with E-state index in [0.717, 1.165) is 17.7 Å². The maximum Gasteiger partial charge on any atom is 0.270 e. The van der Waals surface area contributed by atoms with Crippen LogP contribution in [0.5, 0.6) is 11.5 Å². The highest BCUT2D eigenvalue weighted by atomic mass is 19.1. The molecule has 148 valence electrons. The number of aromatic nitrogens is 2. The lowest BCUT2D eigenvalue weighted by Gasteiger charge is -2.10. The third kappa shape index (κ3) is 4.23. The summed E-state index contributed by atoms with van der Waals surface area (Å²) in [6, 6.07) is 9.99. The summed E-state index contributed by atoms with van der Waals surface area (Å²) in [5.74, 6) is -0.581. The fourth-order valence-corrected chi connectivity index (χ4v) is 2.78. The average Bonchev–Trinajstić information content (AvgIpc) is 3.15. The molecule has 3 aromatic rings. The molecule has 1 aliphatic rings. The zero-order valence-corrected chi connectivity index (χ0v) is 15.3. The van der Waals surface area contributed by atoms with E-state index < -0.39 is 17.5 Å².